The van der Waals surface area contributed by atoms with Crippen LogP contribution in [0.25, 0.3) is 0 Å². The van der Waals surface area contributed by atoms with Crippen molar-refractivity contribution in [2.75, 3.05) is 7.11 Å². The first-order valence-corrected chi connectivity index (χ1v) is 5.54. The van der Waals surface area contributed by atoms with Gasteiger partial charge in [-0.2, -0.15) is 0 Å². The topological polar surface area (TPSA) is 65.0 Å². The van der Waals surface area contributed by atoms with E-state index in [2.05, 4.69) is 9.89 Å². The molecule has 0 bridgehead atoms. The van der Waals surface area contributed by atoms with E-state index in [1.54, 1.807) is 6.92 Å². The Bertz CT molecular complexity index is 422. The minimum Gasteiger partial charge on any atom is -0.464 e. The molecule has 0 aliphatic carbocycles. The van der Waals surface area contributed by atoms with E-state index in [1.807, 2.05) is 30.3 Å². The SMILES string of the molecule is CCC(=O)/C(=N/OCc1ccccc1)C(=O)OC. The fourth-order valence-corrected chi connectivity index (χ4v) is 1.21. The third-order valence-electron chi connectivity index (χ3n) is 2.19. The van der Waals surface area contributed by atoms with Crippen LogP contribution in [-0.2, 0) is 25.8 Å². The highest BCUT2D eigenvalue weighted by Crippen LogP contribution is 2.01. The van der Waals surface area contributed by atoms with Gasteiger partial charge in [-0.3, -0.25) is 4.79 Å². The van der Waals surface area contributed by atoms with Gasteiger partial charge in [-0.25, -0.2) is 4.79 Å². The molecule has 0 unspecified atom stereocenters. The van der Waals surface area contributed by atoms with E-state index < -0.39 is 11.8 Å². The van der Waals surface area contributed by atoms with Gasteiger partial charge in [0.15, 0.2) is 5.78 Å². The maximum Gasteiger partial charge on any atom is 0.363 e. The van der Waals surface area contributed by atoms with Crippen LogP contribution in [0.1, 0.15) is 18.9 Å². The summed E-state index contributed by atoms with van der Waals surface area (Å²) in [6.07, 6.45) is 0.169. The van der Waals surface area contributed by atoms with Crippen LogP contribution >= 0.6 is 0 Å². The molecule has 0 spiro atoms. The summed E-state index contributed by atoms with van der Waals surface area (Å²) in [5.74, 6) is -1.19. The van der Waals surface area contributed by atoms with Crippen molar-refractivity contribution in [3.8, 4) is 0 Å². The Balaban J connectivity index is 2.66. The number of carbonyl (C=O) groups is 2. The number of nitrogens with zero attached hydrogens (tertiary/aromatic N) is 1. The smallest absolute Gasteiger partial charge is 0.363 e. The van der Waals surface area contributed by atoms with Gasteiger partial charge in [0.25, 0.3) is 0 Å². The molecule has 18 heavy (non-hydrogen) atoms. The third kappa shape index (κ3) is 4.01. The summed E-state index contributed by atoms with van der Waals surface area (Å²) >= 11 is 0. The van der Waals surface area contributed by atoms with Crippen LogP contribution in [0.15, 0.2) is 35.5 Å². The Morgan fingerprint density at radius 3 is 2.44 bits per heavy atom. The van der Waals surface area contributed by atoms with E-state index in [9.17, 15) is 9.59 Å². The highest BCUT2D eigenvalue weighted by atomic mass is 16.6. The Labute approximate surface area is 105 Å². The number of benzene rings is 1. The van der Waals surface area contributed by atoms with Crippen LogP contribution in [0.5, 0.6) is 0 Å². The molecule has 0 aromatic heterocycles. The molecular formula is C13H15NO4. The molecule has 0 saturated heterocycles. The van der Waals surface area contributed by atoms with E-state index in [-0.39, 0.29) is 18.7 Å². The molecule has 1 rings (SSSR count). The number of hydrogen-bond donors (Lipinski definition) is 0. The van der Waals surface area contributed by atoms with Crippen molar-refractivity contribution >= 4 is 17.5 Å². The molecule has 0 amide bonds. The second-order valence-electron chi connectivity index (χ2n) is 3.47. The first-order valence-electron chi connectivity index (χ1n) is 5.54. The summed E-state index contributed by atoms with van der Waals surface area (Å²) in [5.41, 5.74) is 0.588. The highest BCUT2D eigenvalue weighted by Gasteiger charge is 2.20. The first-order chi connectivity index (χ1) is 8.69. The maximum atomic E-state index is 11.4. The molecule has 0 aliphatic rings. The number of rotatable bonds is 6. The van der Waals surface area contributed by atoms with E-state index in [0.29, 0.717) is 0 Å². The lowest BCUT2D eigenvalue weighted by Gasteiger charge is -2.03. The molecule has 0 atom stereocenters. The quantitative estimate of drug-likeness (QED) is 0.333. The van der Waals surface area contributed by atoms with Gasteiger partial charge in [-0.05, 0) is 5.56 Å². The Morgan fingerprint density at radius 1 is 1.22 bits per heavy atom. The highest BCUT2D eigenvalue weighted by molar-refractivity contribution is 6.64. The minimum atomic E-state index is -0.782. The van der Waals surface area contributed by atoms with Crippen LogP contribution in [0.4, 0.5) is 0 Å². The average molecular weight is 249 g/mol. The number of methoxy groups -OCH3 is 1. The van der Waals surface area contributed by atoms with Crippen molar-refractivity contribution in [3.63, 3.8) is 0 Å². The molecular weight excluding hydrogens is 234 g/mol. The molecule has 0 fully saturated rings. The van der Waals surface area contributed by atoms with Crippen molar-refractivity contribution in [2.24, 2.45) is 5.16 Å². The predicted octanol–water partition coefficient (Wildman–Crippen LogP) is 1.71. The second-order valence-corrected chi connectivity index (χ2v) is 3.47. The van der Waals surface area contributed by atoms with Gasteiger partial charge in [0.05, 0.1) is 7.11 Å². The molecule has 0 saturated carbocycles. The lowest BCUT2D eigenvalue weighted by atomic mass is 10.2. The van der Waals surface area contributed by atoms with E-state index in [4.69, 9.17) is 4.84 Å². The molecule has 5 heteroatoms. The van der Waals surface area contributed by atoms with Gasteiger partial charge < -0.3 is 9.57 Å². The summed E-state index contributed by atoms with van der Waals surface area (Å²) in [7, 11) is 1.19. The fourth-order valence-electron chi connectivity index (χ4n) is 1.21. The van der Waals surface area contributed by atoms with Crippen LogP contribution < -0.4 is 0 Å². The Kier molecular flexibility index (Phi) is 5.57. The number of ether oxygens (including phenoxy) is 1. The maximum absolute atomic E-state index is 11.4. The van der Waals surface area contributed by atoms with Gasteiger partial charge in [-0.15, -0.1) is 0 Å². The van der Waals surface area contributed by atoms with E-state index in [1.165, 1.54) is 7.11 Å². The fraction of sp³-hybridized carbons (Fsp3) is 0.308. The first kappa shape index (κ1) is 13.9. The normalized spacial score (nSPS) is 10.9. The molecule has 96 valence electrons. The van der Waals surface area contributed by atoms with E-state index in [0.717, 1.165) is 5.56 Å². The van der Waals surface area contributed by atoms with Crippen LogP contribution in [0.3, 0.4) is 0 Å². The van der Waals surface area contributed by atoms with Gasteiger partial charge in [0, 0.05) is 6.42 Å². The average Bonchev–Trinajstić information content (AvgIpc) is 2.43. The molecule has 0 heterocycles. The number of oxime groups is 1. The molecule has 0 aliphatic heterocycles. The van der Waals surface area contributed by atoms with Crippen molar-refractivity contribution in [3.05, 3.63) is 35.9 Å². The summed E-state index contributed by atoms with van der Waals surface area (Å²) in [5, 5.41) is 3.55. The zero-order valence-electron chi connectivity index (χ0n) is 10.4. The molecule has 1 aromatic rings. The van der Waals surface area contributed by atoms with Crippen molar-refractivity contribution in [2.45, 2.75) is 20.0 Å². The molecule has 0 N–H and O–H groups in total. The number of ketones is 1. The van der Waals surface area contributed by atoms with Crippen LogP contribution in [0, 0.1) is 0 Å². The largest absolute Gasteiger partial charge is 0.464 e. The van der Waals surface area contributed by atoms with Crippen molar-refractivity contribution < 1.29 is 19.2 Å². The zero-order valence-corrected chi connectivity index (χ0v) is 10.4. The number of hydrogen-bond acceptors (Lipinski definition) is 5. The standard InChI is InChI=1S/C13H15NO4/c1-3-11(15)12(13(16)17-2)14-18-9-10-7-5-4-6-8-10/h4-8H,3,9H2,1-2H3/b14-12-. The van der Waals surface area contributed by atoms with E-state index >= 15 is 0 Å². The third-order valence-corrected chi connectivity index (χ3v) is 2.19. The number of esters is 1. The summed E-state index contributed by atoms with van der Waals surface area (Å²) in [6, 6.07) is 9.32. The van der Waals surface area contributed by atoms with Crippen LogP contribution in [-0.4, -0.2) is 24.6 Å². The Hall–Kier alpha value is -2.17. The molecule has 0 radical (unpaired) electrons. The van der Waals surface area contributed by atoms with Gasteiger partial charge in [0.2, 0.25) is 5.71 Å². The predicted molar refractivity (Wildman–Crippen MR) is 66.0 cm³/mol. The van der Waals surface area contributed by atoms with Crippen molar-refractivity contribution in [1.82, 2.24) is 0 Å². The summed E-state index contributed by atoms with van der Waals surface area (Å²) in [6.45, 7) is 1.83. The summed E-state index contributed by atoms with van der Waals surface area (Å²) < 4.78 is 4.47. The summed E-state index contributed by atoms with van der Waals surface area (Å²) in [4.78, 5) is 27.7. The molecule has 1 aromatic carbocycles. The van der Waals surface area contributed by atoms with Crippen molar-refractivity contribution in [1.29, 1.82) is 0 Å². The van der Waals surface area contributed by atoms with Gasteiger partial charge >= 0.3 is 5.97 Å². The van der Waals surface area contributed by atoms with Gasteiger partial charge in [0.1, 0.15) is 6.61 Å². The monoisotopic (exact) mass is 249 g/mol. The number of carbonyl (C=O) groups excluding carboxylic acids is 2. The van der Waals surface area contributed by atoms with Gasteiger partial charge in [-0.1, -0.05) is 42.4 Å². The second kappa shape index (κ2) is 7.21. The lowest BCUT2D eigenvalue weighted by molar-refractivity contribution is -0.133. The minimum absolute atomic E-state index is 0.169. The molecule has 5 nitrogen and oxygen atoms in total. The Morgan fingerprint density at radius 2 is 1.89 bits per heavy atom. The van der Waals surface area contributed by atoms with Crippen LogP contribution in [0.2, 0.25) is 0 Å². The number of Topliss-reactive ketones (excluding diaryl/α,β-unsaturated/α-hetero) is 1. The lowest BCUT2D eigenvalue weighted by Crippen LogP contribution is -2.25. The zero-order chi connectivity index (χ0) is 13.4.